The molecule has 0 saturated carbocycles. The van der Waals surface area contributed by atoms with Gasteiger partial charge in [-0.3, -0.25) is 4.79 Å². The summed E-state index contributed by atoms with van der Waals surface area (Å²) in [5.41, 5.74) is 7.72. The predicted molar refractivity (Wildman–Crippen MR) is 82.9 cm³/mol. The molecule has 0 radical (unpaired) electrons. The number of hydrogen-bond donors (Lipinski definition) is 3. The lowest BCUT2D eigenvalue weighted by Crippen LogP contribution is -2.32. The summed E-state index contributed by atoms with van der Waals surface area (Å²) in [5.74, 6) is -0.233. The summed E-state index contributed by atoms with van der Waals surface area (Å²) in [6.45, 7) is 2.62. The van der Waals surface area contributed by atoms with Crippen molar-refractivity contribution in [3.8, 4) is 0 Å². The number of anilines is 1. The number of aliphatic hydroxyl groups is 1. The Morgan fingerprint density at radius 2 is 2.10 bits per heavy atom. The van der Waals surface area contributed by atoms with E-state index in [1.807, 2.05) is 41.8 Å². The molecule has 0 fully saturated rings. The quantitative estimate of drug-likeness (QED) is 0.759. The van der Waals surface area contributed by atoms with Crippen LogP contribution in [0.5, 0.6) is 0 Å². The van der Waals surface area contributed by atoms with E-state index < -0.39 is 6.04 Å². The molecule has 112 valence electrons. The number of nitrogens with zero attached hydrogens (tertiary/aromatic N) is 1. The van der Waals surface area contributed by atoms with Crippen molar-refractivity contribution in [2.45, 2.75) is 25.9 Å². The van der Waals surface area contributed by atoms with Gasteiger partial charge in [-0.05, 0) is 18.1 Å². The van der Waals surface area contributed by atoms with Crippen LogP contribution in [0.3, 0.4) is 0 Å². The fourth-order valence-electron chi connectivity index (χ4n) is 2.30. The summed E-state index contributed by atoms with van der Waals surface area (Å²) in [7, 11) is 0. The molecular formula is C16H21N3O2. The van der Waals surface area contributed by atoms with E-state index in [1.165, 1.54) is 0 Å². The first-order valence-corrected chi connectivity index (χ1v) is 7.08. The lowest BCUT2D eigenvalue weighted by molar-refractivity contribution is 0.0906. The fourth-order valence-corrected chi connectivity index (χ4v) is 2.30. The second-order valence-electron chi connectivity index (χ2n) is 4.97. The molecule has 1 aromatic carbocycles. The fraction of sp³-hybridized carbons (Fsp3) is 0.312. The van der Waals surface area contributed by atoms with Gasteiger partial charge in [-0.1, -0.05) is 37.3 Å². The number of benzene rings is 1. The van der Waals surface area contributed by atoms with Crippen LogP contribution in [0.4, 0.5) is 5.69 Å². The first-order chi connectivity index (χ1) is 10.2. The van der Waals surface area contributed by atoms with Crippen molar-refractivity contribution >= 4 is 11.6 Å². The van der Waals surface area contributed by atoms with Gasteiger partial charge >= 0.3 is 0 Å². The van der Waals surface area contributed by atoms with E-state index in [-0.39, 0.29) is 12.5 Å². The standard InChI is InChI=1S/C16H21N3O2/c1-2-8-19-10-13(17)9-15(19)16(21)18-14(11-20)12-6-4-3-5-7-12/h3-7,9-10,14,20H,2,8,11,17H2,1H3,(H,18,21)/t14-/m1/s1. The van der Waals surface area contributed by atoms with Gasteiger partial charge in [0.1, 0.15) is 5.69 Å². The van der Waals surface area contributed by atoms with Crippen LogP contribution in [0.1, 0.15) is 35.4 Å². The highest BCUT2D eigenvalue weighted by Crippen LogP contribution is 2.15. The molecule has 0 unspecified atom stereocenters. The Morgan fingerprint density at radius 3 is 2.71 bits per heavy atom. The van der Waals surface area contributed by atoms with Crippen LogP contribution in [-0.2, 0) is 6.54 Å². The molecule has 0 spiro atoms. The van der Waals surface area contributed by atoms with Crippen LogP contribution in [0.25, 0.3) is 0 Å². The number of carbonyl (C=O) groups is 1. The van der Waals surface area contributed by atoms with Crippen molar-refractivity contribution in [1.29, 1.82) is 0 Å². The number of carbonyl (C=O) groups excluding carboxylic acids is 1. The van der Waals surface area contributed by atoms with Crippen molar-refractivity contribution in [2.75, 3.05) is 12.3 Å². The zero-order chi connectivity index (χ0) is 15.2. The van der Waals surface area contributed by atoms with Gasteiger partial charge in [0.05, 0.1) is 18.3 Å². The summed E-state index contributed by atoms with van der Waals surface area (Å²) in [4.78, 5) is 12.4. The minimum atomic E-state index is -0.426. The van der Waals surface area contributed by atoms with Crippen LogP contribution in [0.15, 0.2) is 42.6 Å². The highest BCUT2D eigenvalue weighted by molar-refractivity contribution is 5.94. The average molecular weight is 287 g/mol. The van der Waals surface area contributed by atoms with Gasteiger partial charge in [0.25, 0.3) is 5.91 Å². The molecule has 1 amide bonds. The number of amides is 1. The maximum atomic E-state index is 12.4. The van der Waals surface area contributed by atoms with Gasteiger partial charge in [0.15, 0.2) is 0 Å². The van der Waals surface area contributed by atoms with Crippen molar-refractivity contribution in [3.63, 3.8) is 0 Å². The van der Waals surface area contributed by atoms with Crippen molar-refractivity contribution < 1.29 is 9.90 Å². The molecule has 2 rings (SSSR count). The molecule has 1 atom stereocenters. The summed E-state index contributed by atoms with van der Waals surface area (Å²) >= 11 is 0. The SMILES string of the molecule is CCCn1cc(N)cc1C(=O)N[C@H](CO)c1ccccc1. The monoisotopic (exact) mass is 287 g/mol. The number of nitrogens with one attached hydrogen (secondary N) is 1. The second-order valence-corrected chi connectivity index (χ2v) is 4.97. The lowest BCUT2D eigenvalue weighted by atomic mass is 10.1. The smallest absolute Gasteiger partial charge is 0.268 e. The van der Waals surface area contributed by atoms with Crippen LogP contribution < -0.4 is 11.1 Å². The first kappa shape index (κ1) is 15.1. The second kappa shape index (κ2) is 6.95. The van der Waals surface area contributed by atoms with E-state index >= 15 is 0 Å². The number of nitrogens with two attached hydrogens (primary N) is 1. The molecule has 1 heterocycles. The molecule has 4 N–H and O–H groups in total. The molecule has 0 bridgehead atoms. The minimum Gasteiger partial charge on any atom is -0.397 e. The molecule has 1 aromatic heterocycles. The van der Waals surface area contributed by atoms with E-state index in [1.54, 1.807) is 12.3 Å². The van der Waals surface area contributed by atoms with Gasteiger partial charge in [0, 0.05) is 12.7 Å². The Kier molecular flexibility index (Phi) is 5.00. The van der Waals surface area contributed by atoms with Gasteiger partial charge in [-0.25, -0.2) is 0 Å². The van der Waals surface area contributed by atoms with Gasteiger partial charge in [-0.2, -0.15) is 0 Å². The third kappa shape index (κ3) is 3.64. The summed E-state index contributed by atoms with van der Waals surface area (Å²) in [6, 6.07) is 10.6. The van der Waals surface area contributed by atoms with Crippen molar-refractivity contribution in [1.82, 2.24) is 9.88 Å². The van der Waals surface area contributed by atoms with E-state index in [0.717, 1.165) is 18.5 Å². The Labute approximate surface area is 124 Å². The van der Waals surface area contributed by atoms with Gasteiger partial charge in [0.2, 0.25) is 0 Å². The zero-order valence-corrected chi connectivity index (χ0v) is 12.1. The van der Waals surface area contributed by atoms with Gasteiger partial charge < -0.3 is 20.7 Å². The Morgan fingerprint density at radius 1 is 1.38 bits per heavy atom. The topological polar surface area (TPSA) is 80.3 Å². The van der Waals surface area contributed by atoms with Gasteiger partial charge in [-0.15, -0.1) is 0 Å². The number of aryl methyl sites for hydroxylation is 1. The van der Waals surface area contributed by atoms with Crippen LogP contribution in [-0.4, -0.2) is 22.2 Å². The Hall–Kier alpha value is -2.27. The van der Waals surface area contributed by atoms with E-state index in [2.05, 4.69) is 5.32 Å². The maximum absolute atomic E-state index is 12.4. The molecule has 5 heteroatoms. The number of aromatic nitrogens is 1. The molecule has 0 aliphatic carbocycles. The molecular weight excluding hydrogens is 266 g/mol. The molecule has 0 aliphatic heterocycles. The number of hydrogen-bond acceptors (Lipinski definition) is 3. The lowest BCUT2D eigenvalue weighted by Gasteiger charge is -2.17. The molecule has 2 aromatic rings. The highest BCUT2D eigenvalue weighted by Gasteiger charge is 2.18. The molecule has 5 nitrogen and oxygen atoms in total. The summed E-state index contributed by atoms with van der Waals surface area (Å²) in [6.07, 6.45) is 2.67. The minimum absolute atomic E-state index is 0.153. The zero-order valence-electron chi connectivity index (χ0n) is 12.1. The largest absolute Gasteiger partial charge is 0.397 e. The summed E-state index contributed by atoms with van der Waals surface area (Å²) in [5, 5.41) is 12.4. The number of aliphatic hydroxyl groups excluding tert-OH is 1. The van der Waals surface area contributed by atoms with E-state index in [9.17, 15) is 9.90 Å². The third-order valence-electron chi connectivity index (χ3n) is 3.30. The van der Waals surface area contributed by atoms with Crippen LogP contribution in [0, 0.1) is 0 Å². The van der Waals surface area contributed by atoms with Crippen LogP contribution >= 0.6 is 0 Å². The van der Waals surface area contributed by atoms with E-state index in [4.69, 9.17) is 5.73 Å². The molecule has 21 heavy (non-hydrogen) atoms. The molecule has 0 aliphatic rings. The summed E-state index contributed by atoms with van der Waals surface area (Å²) < 4.78 is 1.84. The Bertz CT molecular complexity index is 593. The first-order valence-electron chi connectivity index (χ1n) is 7.08. The van der Waals surface area contributed by atoms with Crippen molar-refractivity contribution in [3.05, 3.63) is 53.9 Å². The van der Waals surface area contributed by atoms with E-state index in [0.29, 0.717) is 11.4 Å². The maximum Gasteiger partial charge on any atom is 0.268 e. The third-order valence-corrected chi connectivity index (χ3v) is 3.30. The van der Waals surface area contributed by atoms with Crippen LogP contribution in [0.2, 0.25) is 0 Å². The molecule has 0 saturated heterocycles. The normalized spacial score (nSPS) is 12.1. The number of nitrogen functional groups attached to an aromatic ring is 1. The Balaban J connectivity index is 2.16. The predicted octanol–water partition coefficient (Wildman–Crippen LogP) is 1.94. The highest BCUT2D eigenvalue weighted by atomic mass is 16.3. The van der Waals surface area contributed by atoms with Crippen molar-refractivity contribution in [2.24, 2.45) is 0 Å². The number of rotatable bonds is 6. The average Bonchev–Trinajstić information content (AvgIpc) is 2.87.